The van der Waals surface area contributed by atoms with Crippen molar-refractivity contribution in [2.75, 3.05) is 0 Å². The summed E-state index contributed by atoms with van der Waals surface area (Å²) < 4.78 is 41.9. The molecule has 0 saturated carbocycles. The zero-order valence-electron chi connectivity index (χ0n) is 18.2. The molecule has 12 heteroatoms. The molecule has 186 valence electrons. The highest BCUT2D eigenvalue weighted by atomic mass is 79.9. The predicted molar refractivity (Wildman–Crippen MR) is 138 cm³/mol. The maximum absolute atomic E-state index is 13.1. The van der Waals surface area contributed by atoms with Gasteiger partial charge in [0.05, 0.1) is 22.7 Å². The van der Waals surface area contributed by atoms with E-state index in [-0.39, 0.29) is 22.9 Å². The number of alkyl halides is 3. The lowest BCUT2D eigenvalue weighted by Gasteiger charge is -2.12. The van der Waals surface area contributed by atoms with Gasteiger partial charge in [-0.15, -0.1) is 10.2 Å². The molecule has 5 nitrogen and oxygen atoms in total. The van der Waals surface area contributed by atoms with E-state index in [9.17, 15) is 18.0 Å². The number of nitrogens with one attached hydrogen (secondary N) is 1. The van der Waals surface area contributed by atoms with E-state index in [0.717, 1.165) is 22.3 Å². The summed E-state index contributed by atoms with van der Waals surface area (Å²) >= 11 is 16.7. The van der Waals surface area contributed by atoms with Gasteiger partial charge < -0.3 is 5.32 Å². The quantitative estimate of drug-likeness (QED) is 0.218. The summed E-state index contributed by atoms with van der Waals surface area (Å²) in [5.41, 5.74) is 0.724. The summed E-state index contributed by atoms with van der Waals surface area (Å²) in [5.74, 6) is 0.227. The first-order valence-electron chi connectivity index (χ1n) is 10.3. The molecule has 0 aliphatic carbocycles. The molecule has 0 radical (unpaired) electrons. The number of halogens is 6. The molecule has 0 atom stereocenters. The largest absolute Gasteiger partial charge is 0.416 e. The lowest BCUT2D eigenvalue weighted by molar-refractivity contribution is -0.137. The summed E-state index contributed by atoms with van der Waals surface area (Å²) in [6.45, 7) is 0.0227. The standard InChI is InChI=1S/C24H16BrCl2F3N4OS/c25-16-4-7-18(8-5-16)34-21(12-31-22(35)19-11-17(26)6-9-20(19)27)32-33-23(34)36-13-14-2-1-3-15(10-14)24(28,29)30/h1-11H,12-13H2,(H,31,35). The molecule has 0 saturated heterocycles. The number of hydrogen-bond acceptors (Lipinski definition) is 4. The Morgan fingerprint density at radius 3 is 2.50 bits per heavy atom. The van der Waals surface area contributed by atoms with E-state index >= 15 is 0 Å². The molecule has 0 aliphatic rings. The highest BCUT2D eigenvalue weighted by Gasteiger charge is 2.30. The summed E-state index contributed by atoms with van der Waals surface area (Å²) in [7, 11) is 0. The van der Waals surface area contributed by atoms with Crippen molar-refractivity contribution in [1.29, 1.82) is 0 Å². The molecule has 3 aromatic carbocycles. The molecule has 4 aromatic rings. The Labute approximate surface area is 227 Å². The second kappa shape index (κ2) is 11.2. The number of carbonyl (C=O) groups is 1. The molecule has 0 spiro atoms. The van der Waals surface area contributed by atoms with Gasteiger partial charge in [0.15, 0.2) is 11.0 Å². The van der Waals surface area contributed by atoms with E-state index < -0.39 is 17.6 Å². The molecule has 0 aliphatic heterocycles. The van der Waals surface area contributed by atoms with Crippen molar-refractivity contribution >= 4 is 56.8 Å². The van der Waals surface area contributed by atoms with Crippen LogP contribution in [0.3, 0.4) is 0 Å². The summed E-state index contributed by atoms with van der Waals surface area (Å²) in [6, 6.07) is 17.1. The van der Waals surface area contributed by atoms with Crippen LogP contribution in [0.5, 0.6) is 0 Å². The molecule has 1 aromatic heterocycles. The predicted octanol–water partition coefficient (Wildman–Crippen LogP) is 7.58. The average Bonchev–Trinajstić information content (AvgIpc) is 3.25. The molecule has 0 unspecified atom stereocenters. The number of aromatic nitrogens is 3. The average molecular weight is 616 g/mol. The van der Waals surface area contributed by atoms with Crippen LogP contribution in [0.25, 0.3) is 5.69 Å². The fourth-order valence-electron chi connectivity index (χ4n) is 3.27. The van der Waals surface area contributed by atoms with Crippen LogP contribution in [0.1, 0.15) is 27.3 Å². The Morgan fingerprint density at radius 1 is 1.03 bits per heavy atom. The normalized spacial score (nSPS) is 11.5. The first-order chi connectivity index (χ1) is 17.1. The molecule has 1 amide bonds. The monoisotopic (exact) mass is 614 g/mol. The van der Waals surface area contributed by atoms with E-state index in [1.165, 1.54) is 30.0 Å². The fraction of sp³-hybridized carbons (Fsp3) is 0.125. The Bertz CT molecular complexity index is 1400. The topological polar surface area (TPSA) is 59.8 Å². The number of amides is 1. The van der Waals surface area contributed by atoms with Crippen molar-refractivity contribution < 1.29 is 18.0 Å². The van der Waals surface area contributed by atoms with Gasteiger partial charge >= 0.3 is 6.18 Å². The highest BCUT2D eigenvalue weighted by molar-refractivity contribution is 9.10. The maximum atomic E-state index is 13.1. The smallest absolute Gasteiger partial charge is 0.345 e. The van der Waals surface area contributed by atoms with Crippen LogP contribution >= 0.6 is 50.9 Å². The molecule has 4 rings (SSSR count). The van der Waals surface area contributed by atoms with Gasteiger partial charge in [0.1, 0.15) is 0 Å². The van der Waals surface area contributed by atoms with E-state index in [1.807, 2.05) is 24.3 Å². The van der Waals surface area contributed by atoms with E-state index in [0.29, 0.717) is 21.6 Å². The van der Waals surface area contributed by atoms with Crippen LogP contribution in [-0.2, 0) is 18.5 Å². The minimum absolute atomic E-state index is 0.0227. The van der Waals surface area contributed by atoms with Gasteiger partial charge in [0, 0.05) is 20.9 Å². The summed E-state index contributed by atoms with van der Waals surface area (Å²) in [4.78, 5) is 12.7. The van der Waals surface area contributed by atoms with Crippen LogP contribution < -0.4 is 5.32 Å². The Hall–Kier alpha value is -2.53. The second-order valence-electron chi connectivity index (χ2n) is 7.50. The first-order valence-corrected chi connectivity index (χ1v) is 12.9. The molecule has 0 bridgehead atoms. The zero-order chi connectivity index (χ0) is 25.9. The van der Waals surface area contributed by atoms with Crippen molar-refractivity contribution in [3.05, 3.63) is 104 Å². The first kappa shape index (κ1) is 26.5. The summed E-state index contributed by atoms with van der Waals surface area (Å²) in [5, 5.41) is 12.3. The van der Waals surface area contributed by atoms with E-state index in [2.05, 4.69) is 31.4 Å². The molecular formula is C24H16BrCl2F3N4OS. The van der Waals surface area contributed by atoms with Crippen molar-refractivity contribution in [3.63, 3.8) is 0 Å². The van der Waals surface area contributed by atoms with Crippen molar-refractivity contribution in [2.24, 2.45) is 0 Å². The van der Waals surface area contributed by atoms with Gasteiger partial charge in [-0.1, -0.05) is 69.1 Å². The lowest BCUT2D eigenvalue weighted by Crippen LogP contribution is -2.25. The van der Waals surface area contributed by atoms with Crippen LogP contribution in [0.4, 0.5) is 13.2 Å². The van der Waals surface area contributed by atoms with Gasteiger partial charge in [-0.05, 0) is 54.1 Å². The molecule has 0 fully saturated rings. The number of thioether (sulfide) groups is 1. The maximum Gasteiger partial charge on any atom is 0.416 e. The number of hydrogen-bond donors (Lipinski definition) is 1. The summed E-state index contributed by atoms with van der Waals surface area (Å²) in [6.07, 6.45) is -4.42. The van der Waals surface area contributed by atoms with Gasteiger partial charge in [-0.2, -0.15) is 13.2 Å². The van der Waals surface area contributed by atoms with Crippen molar-refractivity contribution in [3.8, 4) is 5.69 Å². The number of carbonyl (C=O) groups excluding carboxylic acids is 1. The van der Waals surface area contributed by atoms with Gasteiger partial charge in [0.25, 0.3) is 5.91 Å². The highest BCUT2D eigenvalue weighted by Crippen LogP contribution is 2.32. The Kier molecular flexibility index (Phi) is 8.29. The minimum Gasteiger partial charge on any atom is -0.345 e. The van der Waals surface area contributed by atoms with Gasteiger partial charge in [-0.3, -0.25) is 9.36 Å². The molecular weight excluding hydrogens is 600 g/mol. The minimum atomic E-state index is -4.42. The third kappa shape index (κ3) is 6.42. The Morgan fingerprint density at radius 2 is 1.78 bits per heavy atom. The van der Waals surface area contributed by atoms with Crippen molar-refractivity contribution in [1.82, 2.24) is 20.1 Å². The molecule has 1 N–H and O–H groups in total. The third-order valence-electron chi connectivity index (χ3n) is 4.99. The fourth-order valence-corrected chi connectivity index (χ4v) is 4.82. The van der Waals surface area contributed by atoms with E-state index in [1.54, 1.807) is 16.7 Å². The van der Waals surface area contributed by atoms with E-state index in [4.69, 9.17) is 23.2 Å². The number of rotatable bonds is 7. The van der Waals surface area contributed by atoms with Crippen LogP contribution in [0.2, 0.25) is 10.0 Å². The van der Waals surface area contributed by atoms with Gasteiger partial charge in [-0.25, -0.2) is 0 Å². The van der Waals surface area contributed by atoms with Crippen LogP contribution in [0.15, 0.2) is 76.4 Å². The Balaban J connectivity index is 1.58. The number of benzene rings is 3. The SMILES string of the molecule is O=C(NCc1nnc(SCc2cccc(C(F)(F)F)c2)n1-c1ccc(Br)cc1)c1cc(Cl)ccc1Cl. The van der Waals surface area contributed by atoms with Crippen molar-refractivity contribution in [2.45, 2.75) is 23.6 Å². The zero-order valence-corrected chi connectivity index (χ0v) is 22.1. The van der Waals surface area contributed by atoms with Gasteiger partial charge in [0.2, 0.25) is 0 Å². The molecule has 1 heterocycles. The number of nitrogens with zero attached hydrogens (tertiary/aromatic N) is 3. The molecule has 36 heavy (non-hydrogen) atoms. The second-order valence-corrected chi connectivity index (χ2v) is 10.2. The third-order valence-corrected chi connectivity index (χ3v) is 7.08. The van der Waals surface area contributed by atoms with Crippen LogP contribution in [-0.4, -0.2) is 20.7 Å². The van der Waals surface area contributed by atoms with Crippen LogP contribution in [0, 0.1) is 0 Å². The lowest BCUT2D eigenvalue weighted by atomic mass is 10.1.